The Morgan fingerprint density at radius 1 is 0.882 bits per heavy atom. The highest BCUT2D eigenvalue weighted by atomic mass is 35.5. The van der Waals surface area contributed by atoms with E-state index in [0.29, 0.717) is 66.0 Å². The number of rotatable bonds is 13. The average molecular weight is 965 g/mol. The first-order chi connectivity index (χ1) is 32.8. The molecule has 358 valence electrons. The molecule has 0 spiro atoms. The summed E-state index contributed by atoms with van der Waals surface area (Å²) in [5.41, 5.74) is 3.35. The maximum absolute atomic E-state index is 15.0. The van der Waals surface area contributed by atoms with Gasteiger partial charge in [0, 0.05) is 67.9 Å². The van der Waals surface area contributed by atoms with E-state index >= 15 is 0 Å². The van der Waals surface area contributed by atoms with Gasteiger partial charge in [-0.25, -0.2) is 4.98 Å². The van der Waals surface area contributed by atoms with Crippen molar-refractivity contribution < 1.29 is 33.8 Å². The lowest BCUT2D eigenvalue weighted by atomic mass is 9.81. The number of ether oxygens (including phenoxy) is 2. The van der Waals surface area contributed by atoms with Crippen molar-refractivity contribution in [2.45, 2.75) is 82.3 Å². The zero-order chi connectivity index (χ0) is 48.0. The van der Waals surface area contributed by atoms with Crippen molar-refractivity contribution in [1.29, 1.82) is 0 Å². The van der Waals surface area contributed by atoms with Crippen molar-refractivity contribution in [2.75, 3.05) is 39.9 Å². The number of halogens is 2. The van der Waals surface area contributed by atoms with Crippen LogP contribution in [0.1, 0.15) is 55.1 Å². The lowest BCUT2D eigenvalue weighted by Gasteiger charge is -2.45. The second kappa shape index (κ2) is 21.7. The van der Waals surface area contributed by atoms with Crippen molar-refractivity contribution in [3.63, 3.8) is 0 Å². The van der Waals surface area contributed by atoms with E-state index in [1.165, 1.54) is 12.0 Å². The van der Waals surface area contributed by atoms with Crippen LogP contribution >= 0.6 is 23.2 Å². The van der Waals surface area contributed by atoms with Crippen LogP contribution in [0.3, 0.4) is 0 Å². The van der Waals surface area contributed by atoms with Crippen LogP contribution in [0, 0.1) is 5.92 Å². The predicted molar refractivity (Wildman–Crippen MR) is 260 cm³/mol. The molecule has 4 heterocycles. The molecular weight excluding hydrogens is 906 g/mol. The van der Waals surface area contributed by atoms with Crippen LogP contribution in [0.4, 0.5) is 0 Å². The summed E-state index contributed by atoms with van der Waals surface area (Å²) in [7, 11) is 3.43. The Balaban J connectivity index is 1.08. The van der Waals surface area contributed by atoms with E-state index in [1.807, 2.05) is 80.0 Å². The van der Waals surface area contributed by atoms with Crippen LogP contribution < -0.4 is 15.4 Å². The van der Waals surface area contributed by atoms with Crippen LogP contribution in [0.15, 0.2) is 103 Å². The van der Waals surface area contributed by atoms with Gasteiger partial charge in [-0.15, -0.1) is 0 Å². The Bertz CT molecular complexity index is 2580. The number of aliphatic hydroxyl groups excluding tert-OH is 1. The lowest BCUT2D eigenvalue weighted by Crippen LogP contribution is -2.65. The van der Waals surface area contributed by atoms with E-state index in [-0.39, 0.29) is 44.5 Å². The summed E-state index contributed by atoms with van der Waals surface area (Å²) in [6.45, 7) is 4.16. The maximum Gasteiger partial charge on any atom is 0.245 e. The molecule has 1 aromatic heterocycles. The highest BCUT2D eigenvalue weighted by Crippen LogP contribution is 2.34. The molecule has 8 rings (SSSR count). The molecule has 3 N–H and O–H groups in total. The summed E-state index contributed by atoms with van der Waals surface area (Å²) in [6, 6.07) is 27.5. The Kier molecular flexibility index (Phi) is 15.5. The van der Waals surface area contributed by atoms with E-state index in [2.05, 4.69) is 25.1 Å². The SMILES string of the molecule is COC[C@@H]1NC(=O)[C@H](C)N(Cc2ccc(Cl)cc2Oc2ccc(-c3cnc(CN4CCC(O)C4)n3C)cc2)C(=O)C[C@@H](Cc2ccccc2)C(=O)N2CCC[C@@](Cc3ccc(Cl)cc3)(C2)NC1=O. The molecule has 0 aliphatic carbocycles. The molecule has 3 aliphatic rings. The maximum atomic E-state index is 15.0. The van der Waals surface area contributed by atoms with Gasteiger partial charge in [0.2, 0.25) is 23.6 Å². The number of amides is 4. The molecule has 5 atom stereocenters. The predicted octanol–water partition coefficient (Wildman–Crippen LogP) is 6.58. The van der Waals surface area contributed by atoms with Gasteiger partial charge in [-0.3, -0.25) is 24.1 Å². The normalized spacial score (nSPS) is 23.0. The van der Waals surface area contributed by atoms with Gasteiger partial charge in [0.1, 0.15) is 29.4 Å². The number of nitrogens with one attached hydrogen (secondary N) is 2. The number of hydrogen-bond acceptors (Lipinski definition) is 9. The summed E-state index contributed by atoms with van der Waals surface area (Å²) < 4.78 is 14.0. The number of likely N-dealkylation sites (tertiary alicyclic amines) is 1. The largest absolute Gasteiger partial charge is 0.457 e. The quantitative estimate of drug-likeness (QED) is 0.119. The van der Waals surface area contributed by atoms with Crippen molar-refractivity contribution >= 4 is 46.8 Å². The molecule has 4 aromatic carbocycles. The highest BCUT2D eigenvalue weighted by Gasteiger charge is 2.43. The molecule has 16 heteroatoms. The third-order valence-corrected chi connectivity index (χ3v) is 13.9. The number of carbonyl (C=O) groups is 4. The monoisotopic (exact) mass is 963 g/mol. The van der Waals surface area contributed by atoms with Gasteiger partial charge in [0.15, 0.2) is 0 Å². The van der Waals surface area contributed by atoms with Crippen LogP contribution in [0.25, 0.3) is 11.3 Å². The molecule has 14 nitrogen and oxygen atoms in total. The molecule has 0 radical (unpaired) electrons. The molecule has 2 bridgehead atoms. The van der Waals surface area contributed by atoms with Gasteiger partial charge in [-0.1, -0.05) is 71.7 Å². The number of piperidine rings is 1. The third-order valence-electron chi connectivity index (χ3n) is 13.4. The van der Waals surface area contributed by atoms with Gasteiger partial charge in [0.05, 0.1) is 49.1 Å². The molecule has 0 saturated carbocycles. The van der Waals surface area contributed by atoms with Crippen molar-refractivity contribution in [1.82, 2.24) is 34.9 Å². The number of aromatic nitrogens is 2. The smallest absolute Gasteiger partial charge is 0.245 e. The average Bonchev–Trinajstić information content (AvgIpc) is 3.92. The second-order valence-corrected chi connectivity index (χ2v) is 19.3. The first kappa shape index (κ1) is 48.7. The Hall–Kier alpha value is -5.77. The molecule has 5 aromatic rings. The van der Waals surface area contributed by atoms with E-state index in [1.54, 1.807) is 42.2 Å². The minimum absolute atomic E-state index is 0.0782. The van der Waals surface area contributed by atoms with Crippen LogP contribution in [0.2, 0.25) is 10.0 Å². The number of β-amino-alcohol motifs (C(OH)–C–C–N with tert-alkyl or cyclic N) is 1. The standard InChI is InChI=1S/C52H59Cl2N7O7/c1-34-49(64)56-44(32-67-3)50(65)57-52(27-36-10-15-40(53)16-11-36)21-7-22-60(33-52)51(66)39(24-35-8-5-4-6-9-35)25-48(63)61(34)29-38-12-17-41(54)26-46(38)68-43-18-13-37(14-19-43)45-28-55-47(58(45)2)31-59-23-20-42(62)30-59/h4-6,8-19,26,28,34,39,42,44,62H,7,20-25,27,29-33H2,1-3H3,(H,56,64)(H,57,65)/t34-,39+,42?,44-,52+/m0/s1. The fraction of sp³-hybridized carbons (Fsp3) is 0.404. The van der Waals surface area contributed by atoms with Crippen LogP contribution in [-0.2, 0) is 56.9 Å². The molecule has 3 saturated heterocycles. The first-order valence-electron chi connectivity index (χ1n) is 23.2. The fourth-order valence-corrected chi connectivity index (χ4v) is 9.97. The third kappa shape index (κ3) is 11.7. The minimum atomic E-state index is -1.11. The van der Waals surface area contributed by atoms with Gasteiger partial charge >= 0.3 is 0 Å². The van der Waals surface area contributed by atoms with Crippen molar-refractivity contribution in [3.8, 4) is 22.8 Å². The summed E-state index contributed by atoms with van der Waals surface area (Å²) in [4.78, 5) is 68.8. The molecule has 68 heavy (non-hydrogen) atoms. The molecular formula is C52H59Cl2N7O7. The summed E-state index contributed by atoms with van der Waals surface area (Å²) in [5.74, 6) is -0.646. The zero-order valence-electron chi connectivity index (χ0n) is 38.7. The second-order valence-electron chi connectivity index (χ2n) is 18.4. The van der Waals surface area contributed by atoms with Crippen LogP contribution in [0.5, 0.6) is 11.5 Å². The van der Waals surface area contributed by atoms with Gasteiger partial charge < -0.3 is 39.6 Å². The molecule has 3 aliphatic heterocycles. The van der Waals surface area contributed by atoms with Gasteiger partial charge in [0.25, 0.3) is 0 Å². The fourth-order valence-electron chi connectivity index (χ4n) is 9.69. The Labute approximate surface area is 407 Å². The number of methoxy groups -OCH3 is 1. The topological polar surface area (TPSA) is 159 Å². The highest BCUT2D eigenvalue weighted by molar-refractivity contribution is 6.31. The summed E-state index contributed by atoms with van der Waals surface area (Å²) in [6.07, 6.45) is 3.99. The lowest BCUT2D eigenvalue weighted by molar-refractivity contribution is -0.147. The number of hydrogen-bond donors (Lipinski definition) is 3. The van der Waals surface area contributed by atoms with Crippen LogP contribution in [-0.4, -0.2) is 117 Å². The molecule has 1 unspecified atom stereocenters. The summed E-state index contributed by atoms with van der Waals surface area (Å²) in [5, 5.41) is 17.2. The number of aliphatic hydroxyl groups is 1. The van der Waals surface area contributed by atoms with E-state index in [4.69, 9.17) is 32.7 Å². The number of fused-ring (bicyclic) bond motifs is 2. The van der Waals surface area contributed by atoms with E-state index in [9.17, 15) is 24.3 Å². The van der Waals surface area contributed by atoms with Gasteiger partial charge in [-0.2, -0.15) is 0 Å². The molecule has 3 fully saturated rings. The number of nitrogens with zero attached hydrogens (tertiary/aromatic N) is 5. The number of imidazole rings is 1. The summed E-state index contributed by atoms with van der Waals surface area (Å²) >= 11 is 12.8. The zero-order valence-corrected chi connectivity index (χ0v) is 40.2. The minimum Gasteiger partial charge on any atom is -0.457 e. The molecule has 4 amide bonds. The first-order valence-corrected chi connectivity index (χ1v) is 24.0. The van der Waals surface area contributed by atoms with E-state index < -0.39 is 41.3 Å². The Morgan fingerprint density at radius 2 is 1.63 bits per heavy atom. The van der Waals surface area contributed by atoms with Crippen molar-refractivity contribution in [3.05, 3.63) is 136 Å². The van der Waals surface area contributed by atoms with E-state index in [0.717, 1.165) is 41.2 Å². The van der Waals surface area contributed by atoms with Crippen molar-refractivity contribution in [2.24, 2.45) is 13.0 Å². The van der Waals surface area contributed by atoms with Gasteiger partial charge in [-0.05, 0) is 98.7 Å². The number of benzene rings is 4. The number of carbonyl (C=O) groups excluding carboxylic acids is 4. The Morgan fingerprint density at radius 3 is 2.35 bits per heavy atom.